The summed E-state index contributed by atoms with van der Waals surface area (Å²) < 4.78 is 9.75. The van der Waals surface area contributed by atoms with Gasteiger partial charge in [-0.1, -0.05) is 0 Å². The first kappa shape index (κ1) is 13.0. The van der Waals surface area contributed by atoms with Crippen LogP contribution in [0.25, 0.3) is 0 Å². The third kappa shape index (κ3) is 2.96. The first-order valence-electron chi connectivity index (χ1n) is 5.05. The highest BCUT2D eigenvalue weighted by Crippen LogP contribution is 2.15. The number of likely N-dealkylation sites (N-methyl/N-ethyl adjacent to an activating group) is 1. The number of oxazole rings is 1. The second-order valence-electron chi connectivity index (χ2n) is 3.36. The Bertz CT molecular complexity index is 415. The summed E-state index contributed by atoms with van der Waals surface area (Å²) in [6, 6.07) is -0.744. The predicted octanol–water partition coefficient (Wildman–Crippen LogP) is 0.761. The molecule has 7 heteroatoms. The zero-order valence-electron chi connectivity index (χ0n) is 9.84. The minimum atomic E-state index is -1.01. The van der Waals surface area contributed by atoms with Crippen LogP contribution in [-0.4, -0.2) is 41.7 Å². The molecule has 1 unspecified atom stereocenters. The lowest BCUT2D eigenvalue weighted by atomic mass is 10.3. The highest BCUT2D eigenvalue weighted by Gasteiger charge is 2.22. The van der Waals surface area contributed by atoms with Gasteiger partial charge in [-0.3, -0.25) is 0 Å². The van der Waals surface area contributed by atoms with Gasteiger partial charge in [-0.2, -0.15) is 4.98 Å². The van der Waals surface area contributed by atoms with Crippen molar-refractivity contribution in [3.05, 3.63) is 12.0 Å². The molecule has 7 nitrogen and oxygen atoms in total. The van der Waals surface area contributed by atoms with E-state index in [1.54, 1.807) is 6.92 Å². The number of esters is 1. The lowest BCUT2D eigenvalue weighted by molar-refractivity contribution is -0.138. The molecule has 0 saturated heterocycles. The normalized spacial score (nSPS) is 11.9. The van der Waals surface area contributed by atoms with Gasteiger partial charge in [0, 0.05) is 7.05 Å². The van der Waals surface area contributed by atoms with Gasteiger partial charge in [-0.25, -0.2) is 9.59 Å². The van der Waals surface area contributed by atoms with Crippen LogP contribution in [0.4, 0.5) is 6.01 Å². The number of carboxylic acid groups (broad SMARTS) is 1. The molecule has 94 valence electrons. The highest BCUT2D eigenvalue weighted by atomic mass is 16.5. The molecule has 1 aromatic heterocycles. The van der Waals surface area contributed by atoms with Crippen molar-refractivity contribution in [1.29, 1.82) is 0 Å². The number of carbonyl (C=O) groups excluding carboxylic acids is 1. The van der Waals surface area contributed by atoms with Gasteiger partial charge >= 0.3 is 11.9 Å². The van der Waals surface area contributed by atoms with Crippen LogP contribution in [0.15, 0.2) is 10.7 Å². The Balaban J connectivity index is 2.80. The molecule has 1 heterocycles. The Hall–Kier alpha value is -2.05. The van der Waals surface area contributed by atoms with Crippen LogP contribution in [0.1, 0.15) is 24.3 Å². The summed E-state index contributed by atoms with van der Waals surface area (Å²) in [5.74, 6) is -1.61. The third-order valence-corrected chi connectivity index (χ3v) is 2.22. The second-order valence-corrected chi connectivity index (χ2v) is 3.36. The number of ether oxygens (including phenoxy) is 1. The first-order valence-corrected chi connectivity index (χ1v) is 5.05. The van der Waals surface area contributed by atoms with E-state index in [1.807, 2.05) is 0 Å². The molecule has 1 aromatic rings. The second kappa shape index (κ2) is 5.33. The molecule has 0 bridgehead atoms. The summed E-state index contributed by atoms with van der Waals surface area (Å²) in [6.45, 7) is 3.40. The lowest BCUT2D eigenvalue weighted by Gasteiger charge is -2.18. The summed E-state index contributed by atoms with van der Waals surface area (Å²) in [6.07, 6.45) is 1.14. The molecule has 0 spiro atoms. The maximum Gasteiger partial charge on any atom is 0.360 e. The standard InChI is InChI=1S/C10H14N2O5/c1-4-16-9(15)7-5-17-10(11-7)12(3)6(2)8(13)14/h5-6H,4H2,1-3H3,(H,13,14). The van der Waals surface area contributed by atoms with Crippen LogP contribution in [0.5, 0.6) is 0 Å². The molecule has 0 saturated carbocycles. The summed E-state index contributed by atoms with van der Waals surface area (Å²) >= 11 is 0. The van der Waals surface area contributed by atoms with Crippen molar-refractivity contribution in [1.82, 2.24) is 4.98 Å². The molecule has 0 aliphatic rings. The fraction of sp³-hybridized carbons (Fsp3) is 0.500. The SMILES string of the molecule is CCOC(=O)c1coc(N(C)C(C)C(=O)O)n1. The highest BCUT2D eigenvalue weighted by molar-refractivity contribution is 5.87. The Labute approximate surface area is 98.0 Å². The molecule has 1 N–H and O–H groups in total. The summed E-state index contributed by atoms with van der Waals surface area (Å²) in [5.41, 5.74) is 0.0197. The minimum absolute atomic E-state index is 0.0197. The average Bonchev–Trinajstić information content (AvgIpc) is 2.76. The molecule has 1 atom stereocenters. The minimum Gasteiger partial charge on any atom is -0.480 e. The van der Waals surface area contributed by atoms with Crippen LogP contribution in [0, 0.1) is 0 Å². The van der Waals surface area contributed by atoms with Crippen LogP contribution in [-0.2, 0) is 9.53 Å². The molecule has 0 aromatic carbocycles. The van der Waals surface area contributed by atoms with Crippen molar-refractivity contribution in [3.8, 4) is 0 Å². The smallest absolute Gasteiger partial charge is 0.360 e. The fourth-order valence-corrected chi connectivity index (χ4v) is 1.06. The molecule has 0 aliphatic heterocycles. The van der Waals surface area contributed by atoms with E-state index in [-0.39, 0.29) is 18.3 Å². The van der Waals surface area contributed by atoms with Gasteiger partial charge in [0.15, 0.2) is 5.69 Å². The number of aliphatic carboxylic acids is 1. The number of hydrogen-bond acceptors (Lipinski definition) is 6. The van der Waals surface area contributed by atoms with Crippen molar-refractivity contribution in [3.63, 3.8) is 0 Å². The number of carboxylic acids is 1. The van der Waals surface area contributed by atoms with Gasteiger partial charge in [-0.05, 0) is 13.8 Å². The maximum atomic E-state index is 11.3. The number of hydrogen-bond donors (Lipinski definition) is 1. The van der Waals surface area contributed by atoms with E-state index in [0.29, 0.717) is 0 Å². The number of rotatable bonds is 5. The molecule has 0 radical (unpaired) electrons. The zero-order chi connectivity index (χ0) is 13.0. The van der Waals surface area contributed by atoms with E-state index in [2.05, 4.69) is 4.98 Å². The van der Waals surface area contributed by atoms with Crippen LogP contribution in [0.3, 0.4) is 0 Å². The number of anilines is 1. The Morgan fingerprint density at radius 2 is 2.29 bits per heavy atom. The quantitative estimate of drug-likeness (QED) is 0.762. The van der Waals surface area contributed by atoms with Crippen molar-refractivity contribution in [2.75, 3.05) is 18.6 Å². The molecule has 17 heavy (non-hydrogen) atoms. The molecular weight excluding hydrogens is 228 g/mol. The van der Waals surface area contributed by atoms with Crippen molar-refractivity contribution in [2.45, 2.75) is 19.9 Å². The fourth-order valence-electron chi connectivity index (χ4n) is 1.06. The third-order valence-electron chi connectivity index (χ3n) is 2.22. The number of aromatic nitrogens is 1. The van der Waals surface area contributed by atoms with Crippen molar-refractivity contribution in [2.24, 2.45) is 0 Å². The van der Waals surface area contributed by atoms with Gasteiger partial charge in [0.25, 0.3) is 6.01 Å². The first-order chi connectivity index (χ1) is 7.97. The van der Waals surface area contributed by atoms with E-state index in [1.165, 1.54) is 18.9 Å². The van der Waals surface area contributed by atoms with E-state index < -0.39 is 18.0 Å². The van der Waals surface area contributed by atoms with E-state index >= 15 is 0 Å². The van der Waals surface area contributed by atoms with Crippen molar-refractivity contribution >= 4 is 18.0 Å². The zero-order valence-corrected chi connectivity index (χ0v) is 9.84. The monoisotopic (exact) mass is 242 g/mol. The Morgan fingerprint density at radius 1 is 1.65 bits per heavy atom. The van der Waals surface area contributed by atoms with Crippen LogP contribution >= 0.6 is 0 Å². The van der Waals surface area contributed by atoms with E-state index in [4.69, 9.17) is 14.3 Å². The van der Waals surface area contributed by atoms with Gasteiger partial charge in [-0.15, -0.1) is 0 Å². The summed E-state index contributed by atoms with van der Waals surface area (Å²) in [7, 11) is 1.51. The van der Waals surface area contributed by atoms with Gasteiger partial charge in [0.2, 0.25) is 0 Å². The summed E-state index contributed by atoms with van der Waals surface area (Å²) in [4.78, 5) is 27.2. The van der Waals surface area contributed by atoms with Gasteiger partial charge < -0.3 is 19.2 Å². The maximum absolute atomic E-state index is 11.3. The largest absolute Gasteiger partial charge is 0.480 e. The average molecular weight is 242 g/mol. The van der Waals surface area contributed by atoms with Crippen LogP contribution in [0.2, 0.25) is 0 Å². The molecule has 1 rings (SSSR count). The Kier molecular flexibility index (Phi) is 4.08. The Morgan fingerprint density at radius 3 is 2.82 bits per heavy atom. The lowest BCUT2D eigenvalue weighted by Crippen LogP contribution is -2.36. The number of nitrogens with zero attached hydrogens (tertiary/aromatic N) is 2. The topological polar surface area (TPSA) is 92.9 Å². The molecule has 0 fully saturated rings. The van der Waals surface area contributed by atoms with Gasteiger partial charge in [0.1, 0.15) is 12.3 Å². The molecule has 0 aliphatic carbocycles. The molecule has 0 amide bonds. The van der Waals surface area contributed by atoms with Crippen LogP contribution < -0.4 is 4.90 Å². The van der Waals surface area contributed by atoms with E-state index in [0.717, 1.165) is 6.26 Å². The van der Waals surface area contributed by atoms with Crippen molar-refractivity contribution < 1.29 is 23.8 Å². The van der Waals surface area contributed by atoms with Gasteiger partial charge in [0.05, 0.1) is 6.61 Å². The number of carbonyl (C=O) groups is 2. The predicted molar refractivity (Wildman–Crippen MR) is 58.0 cm³/mol. The molecular formula is C10H14N2O5. The van der Waals surface area contributed by atoms with E-state index in [9.17, 15) is 9.59 Å². The summed E-state index contributed by atoms with van der Waals surface area (Å²) in [5, 5.41) is 8.81.